The molecule has 1 saturated heterocycles. The van der Waals surface area contributed by atoms with Gasteiger partial charge in [-0.15, -0.1) is 12.4 Å². The fourth-order valence-corrected chi connectivity index (χ4v) is 2.35. The van der Waals surface area contributed by atoms with Crippen molar-refractivity contribution in [2.45, 2.75) is 12.8 Å². The van der Waals surface area contributed by atoms with Gasteiger partial charge in [-0.1, -0.05) is 0 Å². The quantitative estimate of drug-likeness (QED) is 0.904. The summed E-state index contributed by atoms with van der Waals surface area (Å²) in [7, 11) is 0. The third kappa shape index (κ3) is 3.80. The van der Waals surface area contributed by atoms with Gasteiger partial charge >= 0.3 is 0 Å². The van der Waals surface area contributed by atoms with Crippen LogP contribution in [-0.2, 0) is 4.79 Å². The van der Waals surface area contributed by atoms with Crippen molar-refractivity contribution < 1.29 is 4.79 Å². The van der Waals surface area contributed by atoms with Gasteiger partial charge in [-0.2, -0.15) is 15.0 Å². The van der Waals surface area contributed by atoms with Gasteiger partial charge in [0.05, 0.1) is 24.0 Å². The molecule has 3 rings (SSSR count). The molecule has 0 spiro atoms. The molecule has 0 saturated carbocycles. The molecule has 7 heteroatoms. The molecule has 21 heavy (non-hydrogen) atoms. The van der Waals surface area contributed by atoms with Crippen LogP contribution < -0.4 is 10.6 Å². The Morgan fingerprint density at radius 2 is 1.95 bits per heavy atom. The summed E-state index contributed by atoms with van der Waals surface area (Å²) >= 11 is 0. The number of hydrogen-bond donors (Lipinski definition) is 2. The third-order valence-electron chi connectivity index (χ3n) is 3.45. The first-order valence-corrected chi connectivity index (χ1v) is 6.81. The average molecular weight is 308 g/mol. The number of nitrogens with one attached hydrogen (secondary N) is 2. The monoisotopic (exact) mass is 307 g/mol. The Kier molecular flexibility index (Phi) is 5.30. The minimum absolute atomic E-state index is 0. The Hall–Kier alpha value is -1.92. The molecule has 0 unspecified atom stereocenters. The van der Waals surface area contributed by atoms with Crippen LogP contribution in [0.4, 0.5) is 5.69 Å². The third-order valence-corrected chi connectivity index (χ3v) is 3.45. The van der Waals surface area contributed by atoms with Crippen LogP contribution in [-0.4, -0.2) is 34.0 Å². The summed E-state index contributed by atoms with van der Waals surface area (Å²) in [4.78, 5) is 13.6. The summed E-state index contributed by atoms with van der Waals surface area (Å²) in [6.07, 6.45) is 5.27. The summed E-state index contributed by atoms with van der Waals surface area (Å²) in [5, 5.41) is 14.3. The first-order chi connectivity index (χ1) is 9.83. The van der Waals surface area contributed by atoms with Crippen LogP contribution >= 0.6 is 12.4 Å². The van der Waals surface area contributed by atoms with E-state index in [1.807, 2.05) is 24.3 Å². The van der Waals surface area contributed by atoms with Crippen LogP contribution in [0.2, 0.25) is 0 Å². The Morgan fingerprint density at radius 3 is 2.57 bits per heavy atom. The molecule has 2 N–H and O–H groups in total. The van der Waals surface area contributed by atoms with E-state index in [2.05, 4.69) is 20.8 Å². The molecule has 1 aliphatic heterocycles. The van der Waals surface area contributed by atoms with E-state index in [1.54, 1.807) is 12.4 Å². The van der Waals surface area contributed by atoms with Crippen molar-refractivity contribution >= 4 is 24.0 Å². The Bertz CT molecular complexity index is 564. The van der Waals surface area contributed by atoms with Crippen LogP contribution in [0.3, 0.4) is 0 Å². The number of halogens is 1. The van der Waals surface area contributed by atoms with E-state index in [0.29, 0.717) is 0 Å². The van der Waals surface area contributed by atoms with Gasteiger partial charge in [0.2, 0.25) is 5.91 Å². The summed E-state index contributed by atoms with van der Waals surface area (Å²) in [5.41, 5.74) is 1.67. The zero-order chi connectivity index (χ0) is 13.8. The maximum absolute atomic E-state index is 12.1. The molecular formula is C14H18ClN5O. The molecule has 1 aromatic heterocycles. The average Bonchev–Trinajstić information content (AvgIpc) is 3.03. The molecule has 2 heterocycles. The maximum Gasteiger partial charge on any atom is 0.228 e. The molecule has 1 amide bonds. The number of anilines is 1. The molecule has 112 valence electrons. The first-order valence-electron chi connectivity index (χ1n) is 6.81. The van der Waals surface area contributed by atoms with Gasteiger partial charge in [-0.3, -0.25) is 4.79 Å². The van der Waals surface area contributed by atoms with Crippen molar-refractivity contribution in [3.05, 3.63) is 36.7 Å². The predicted octanol–water partition coefficient (Wildman–Crippen LogP) is 1.63. The number of hydrogen-bond acceptors (Lipinski definition) is 4. The standard InChI is InChI=1S/C14H17N5O.ClH/c20-14(11-2-1-7-15-10-11)18-12-3-5-13(6-4-12)19-16-8-9-17-19;/h3-6,8-9,11,15H,1-2,7,10H2,(H,18,20);1H/t11-;/m1./s1. The van der Waals surface area contributed by atoms with Gasteiger partial charge in [-0.05, 0) is 43.7 Å². The molecule has 6 nitrogen and oxygen atoms in total. The zero-order valence-electron chi connectivity index (χ0n) is 11.5. The fourth-order valence-electron chi connectivity index (χ4n) is 2.35. The van der Waals surface area contributed by atoms with E-state index in [1.165, 1.54) is 4.80 Å². The van der Waals surface area contributed by atoms with Crippen LogP contribution in [0.15, 0.2) is 36.7 Å². The van der Waals surface area contributed by atoms with E-state index in [0.717, 1.165) is 37.3 Å². The number of amides is 1. The molecule has 1 aromatic carbocycles. The number of carbonyl (C=O) groups is 1. The van der Waals surface area contributed by atoms with E-state index in [-0.39, 0.29) is 24.2 Å². The van der Waals surface area contributed by atoms with Gasteiger partial charge in [0.25, 0.3) is 0 Å². The van der Waals surface area contributed by atoms with Gasteiger partial charge < -0.3 is 10.6 Å². The minimum Gasteiger partial charge on any atom is -0.326 e. The highest BCUT2D eigenvalue weighted by Crippen LogP contribution is 2.15. The highest BCUT2D eigenvalue weighted by Gasteiger charge is 2.20. The molecule has 1 aliphatic rings. The normalized spacial score (nSPS) is 17.8. The topological polar surface area (TPSA) is 71.8 Å². The Morgan fingerprint density at radius 1 is 1.24 bits per heavy atom. The lowest BCUT2D eigenvalue weighted by Gasteiger charge is -2.21. The van der Waals surface area contributed by atoms with Crippen molar-refractivity contribution in [2.75, 3.05) is 18.4 Å². The van der Waals surface area contributed by atoms with Crippen molar-refractivity contribution in [2.24, 2.45) is 5.92 Å². The largest absolute Gasteiger partial charge is 0.326 e. The Balaban J connectivity index is 0.00000161. The van der Waals surface area contributed by atoms with E-state index < -0.39 is 0 Å². The second kappa shape index (κ2) is 7.19. The number of aromatic nitrogens is 3. The van der Waals surface area contributed by atoms with Crippen molar-refractivity contribution in [3.8, 4) is 5.69 Å². The number of carbonyl (C=O) groups excluding carboxylic acids is 1. The van der Waals surface area contributed by atoms with Crippen LogP contribution in [0.1, 0.15) is 12.8 Å². The maximum atomic E-state index is 12.1. The predicted molar refractivity (Wildman–Crippen MR) is 82.8 cm³/mol. The van der Waals surface area contributed by atoms with Crippen LogP contribution in [0, 0.1) is 5.92 Å². The Labute approximate surface area is 129 Å². The molecule has 1 fully saturated rings. The van der Waals surface area contributed by atoms with Gasteiger partial charge in [0.1, 0.15) is 0 Å². The second-order valence-electron chi connectivity index (χ2n) is 4.90. The fraction of sp³-hybridized carbons (Fsp3) is 0.357. The highest BCUT2D eigenvalue weighted by molar-refractivity contribution is 5.92. The minimum atomic E-state index is 0. The van der Waals surface area contributed by atoms with Gasteiger partial charge in [0.15, 0.2) is 0 Å². The zero-order valence-corrected chi connectivity index (χ0v) is 12.3. The summed E-state index contributed by atoms with van der Waals surface area (Å²) in [6, 6.07) is 7.50. The van der Waals surface area contributed by atoms with E-state index in [9.17, 15) is 4.79 Å². The van der Waals surface area contributed by atoms with Gasteiger partial charge in [-0.25, -0.2) is 0 Å². The lowest BCUT2D eigenvalue weighted by Crippen LogP contribution is -2.37. The molecule has 1 atom stereocenters. The molecular weight excluding hydrogens is 290 g/mol. The number of piperidine rings is 1. The summed E-state index contributed by atoms with van der Waals surface area (Å²) in [6.45, 7) is 1.77. The molecule has 2 aromatic rings. The number of rotatable bonds is 3. The van der Waals surface area contributed by atoms with Crippen molar-refractivity contribution in [1.29, 1.82) is 0 Å². The molecule has 0 aliphatic carbocycles. The summed E-state index contributed by atoms with van der Waals surface area (Å²) in [5.74, 6) is 0.151. The SMILES string of the molecule is Cl.O=C(Nc1ccc(-n2nccn2)cc1)[C@@H]1CCCNC1. The lowest BCUT2D eigenvalue weighted by atomic mass is 9.99. The van der Waals surface area contributed by atoms with Crippen LogP contribution in [0.25, 0.3) is 5.69 Å². The first kappa shape index (κ1) is 15.5. The lowest BCUT2D eigenvalue weighted by molar-refractivity contribution is -0.120. The van der Waals surface area contributed by atoms with E-state index in [4.69, 9.17) is 0 Å². The molecule has 0 bridgehead atoms. The van der Waals surface area contributed by atoms with E-state index >= 15 is 0 Å². The van der Waals surface area contributed by atoms with Crippen molar-refractivity contribution in [3.63, 3.8) is 0 Å². The van der Waals surface area contributed by atoms with Gasteiger partial charge in [0, 0.05) is 12.2 Å². The van der Waals surface area contributed by atoms with Crippen LogP contribution in [0.5, 0.6) is 0 Å². The summed E-state index contributed by atoms with van der Waals surface area (Å²) < 4.78 is 0. The smallest absolute Gasteiger partial charge is 0.228 e. The second-order valence-corrected chi connectivity index (χ2v) is 4.90. The van der Waals surface area contributed by atoms with Crippen molar-refractivity contribution in [1.82, 2.24) is 20.3 Å². The number of benzene rings is 1. The highest BCUT2D eigenvalue weighted by atomic mass is 35.5. The molecule has 0 radical (unpaired) electrons. The number of nitrogens with zero attached hydrogens (tertiary/aromatic N) is 3.